The SMILES string of the molecule is CCC1(C)C(Cl)CC1Oc1ccc2cccnc2c1. The van der Waals surface area contributed by atoms with Crippen molar-refractivity contribution in [2.45, 2.75) is 38.2 Å². The van der Waals surface area contributed by atoms with Crippen molar-refractivity contribution in [2.75, 3.05) is 0 Å². The van der Waals surface area contributed by atoms with Gasteiger partial charge in [-0.2, -0.15) is 0 Å². The number of ether oxygens (including phenoxy) is 1. The quantitative estimate of drug-likeness (QED) is 0.774. The molecule has 1 aromatic heterocycles. The first-order valence-electron chi connectivity index (χ1n) is 6.79. The maximum atomic E-state index is 6.32. The van der Waals surface area contributed by atoms with Crippen molar-refractivity contribution in [1.29, 1.82) is 0 Å². The average Bonchev–Trinajstić information content (AvgIpc) is 2.46. The zero-order valence-electron chi connectivity index (χ0n) is 11.3. The lowest BCUT2D eigenvalue weighted by molar-refractivity contribution is -0.0294. The zero-order valence-corrected chi connectivity index (χ0v) is 12.0. The maximum Gasteiger partial charge on any atom is 0.121 e. The molecule has 100 valence electrons. The smallest absolute Gasteiger partial charge is 0.121 e. The number of rotatable bonds is 3. The fourth-order valence-electron chi connectivity index (χ4n) is 2.68. The van der Waals surface area contributed by atoms with Crippen molar-refractivity contribution in [3.05, 3.63) is 36.5 Å². The summed E-state index contributed by atoms with van der Waals surface area (Å²) in [5.74, 6) is 0.888. The predicted octanol–water partition coefficient (Wildman–Crippen LogP) is 4.41. The molecule has 3 rings (SSSR count). The lowest BCUT2D eigenvalue weighted by Gasteiger charge is -2.50. The topological polar surface area (TPSA) is 22.1 Å². The van der Waals surface area contributed by atoms with Gasteiger partial charge in [-0.3, -0.25) is 4.98 Å². The molecule has 1 aromatic carbocycles. The number of fused-ring (bicyclic) bond motifs is 1. The second-order valence-corrected chi connectivity index (χ2v) is 6.05. The van der Waals surface area contributed by atoms with Crippen LogP contribution in [0.1, 0.15) is 26.7 Å². The molecule has 3 heteroatoms. The number of halogens is 1. The van der Waals surface area contributed by atoms with Crippen LogP contribution in [-0.2, 0) is 0 Å². The third-order valence-corrected chi connectivity index (χ3v) is 5.17. The third-order valence-electron chi connectivity index (χ3n) is 4.49. The number of aromatic nitrogens is 1. The summed E-state index contributed by atoms with van der Waals surface area (Å²) in [6, 6.07) is 10.1. The van der Waals surface area contributed by atoms with E-state index in [4.69, 9.17) is 16.3 Å². The van der Waals surface area contributed by atoms with Crippen LogP contribution in [0.5, 0.6) is 5.75 Å². The van der Waals surface area contributed by atoms with Gasteiger partial charge >= 0.3 is 0 Å². The van der Waals surface area contributed by atoms with Crippen LogP contribution in [0.15, 0.2) is 36.5 Å². The van der Waals surface area contributed by atoms with Crippen LogP contribution in [-0.4, -0.2) is 16.5 Å². The van der Waals surface area contributed by atoms with E-state index in [1.807, 2.05) is 18.2 Å². The van der Waals surface area contributed by atoms with Crippen LogP contribution in [0.3, 0.4) is 0 Å². The van der Waals surface area contributed by atoms with Gasteiger partial charge in [0.1, 0.15) is 11.9 Å². The molecule has 0 radical (unpaired) electrons. The highest BCUT2D eigenvalue weighted by Crippen LogP contribution is 2.49. The normalized spacial score (nSPS) is 30.1. The summed E-state index contributed by atoms with van der Waals surface area (Å²) in [4.78, 5) is 4.36. The first-order valence-corrected chi connectivity index (χ1v) is 7.22. The Hall–Kier alpha value is -1.28. The van der Waals surface area contributed by atoms with Crippen LogP contribution in [0, 0.1) is 5.41 Å². The average molecular weight is 276 g/mol. The number of hydrogen-bond acceptors (Lipinski definition) is 2. The Morgan fingerprint density at radius 2 is 2.26 bits per heavy atom. The fraction of sp³-hybridized carbons (Fsp3) is 0.438. The maximum absolute atomic E-state index is 6.32. The van der Waals surface area contributed by atoms with Gasteiger partial charge in [0.05, 0.1) is 5.52 Å². The lowest BCUT2D eigenvalue weighted by Crippen LogP contribution is -2.55. The van der Waals surface area contributed by atoms with Gasteiger partial charge in [-0.05, 0) is 24.6 Å². The Balaban J connectivity index is 1.82. The predicted molar refractivity (Wildman–Crippen MR) is 78.8 cm³/mol. The molecule has 19 heavy (non-hydrogen) atoms. The summed E-state index contributed by atoms with van der Waals surface area (Å²) in [5.41, 5.74) is 1.06. The van der Waals surface area contributed by atoms with Crippen molar-refractivity contribution < 1.29 is 4.74 Å². The first-order chi connectivity index (χ1) is 9.13. The van der Waals surface area contributed by atoms with E-state index in [-0.39, 0.29) is 16.9 Å². The van der Waals surface area contributed by atoms with Gasteiger partial charge in [-0.1, -0.05) is 19.9 Å². The van der Waals surface area contributed by atoms with Crippen LogP contribution < -0.4 is 4.74 Å². The summed E-state index contributed by atoms with van der Waals surface area (Å²) in [6.45, 7) is 4.38. The lowest BCUT2D eigenvalue weighted by atomic mass is 9.65. The van der Waals surface area contributed by atoms with Crippen LogP contribution in [0.2, 0.25) is 0 Å². The van der Waals surface area contributed by atoms with Crippen molar-refractivity contribution in [2.24, 2.45) is 5.41 Å². The van der Waals surface area contributed by atoms with Crippen molar-refractivity contribution >= 4 is 22.5 Å². The molecule has 1 aliphatic carbocycles. The number of nitrogens with zero attached hydrogens (tertiary/aromatic N) is 1. The van der Waals surface area contributed by atoms with Gasteiger partial charge < -0.3 is 4.74 Å². The van der Waals surface area contributed by atoms with Gasteiger partial charge in [0.15, 0.2) is 0 Å². The Kier molecular flexibility index (Phi) is 3.14. The van der Waals surface area contributed by atoms with E-state index in [0.717, 1.165) is 29.5 Å². The minimum Gasteiger partial charge on any atom is -0.490 e. The monoisotopic (exact) mass is 275 g/mol. The van der Waals surface area contributed by atoms with Crippen LogP contribution >= 0.6 is 11.6 Å². The van der Waals surface area contributed by atoms with Gasteiger partial charge in [0.2, 0.25) is 0 Å². The highest BCUT2D eigenvalue weighted by atomic mass is 35.5. The van der Waals surface area contributed by atoms with E-state index in [1.54, 1.807) is 6.20 Å². The highest BCUT2D eigenvalue weighted by molar-refractivity contribution is 6.21. The molecule has 0 aliphatic heterocycles. The highest BCUT2D eigenvalue weighted by Gasteiger charge is 2.51. The molecular weight excluding hydrogens is 258 g/mol. The molecule has 1 aliphatic rings. The summed E-state index contributed by atoms with van der Waals surface area (Å²) < 4.78 is 6.11. The van der Waals surface area contributed by atoms with Crippen LogP contribution in [0.25, 0.3) is 10.9 Å². The first kappa shape index (κ1) is 12.7. The molecule has 0 amide bonds. The van der Waals surface area contributed by atoms with E-state index < -0.39 is 0 Å². The van der Waals surface area contributed by atoms with Crippen molar-refractivity contribution in [3.8, 4) is 5.75 Å². The van der Waals surface area contributed by atoms with Crippen LogP contribution in [0.4, 0.5) is 0 Å². The number of pyridine rings is 1. The van der Waals surface area contributed by atoms with Gasteiger partial charge in [0.25, 0.3) is 0 Å². The van der Waals surface area contributed by atoms with E-state index in [9.17, 15) is 0 Å². The molecule has 0 N–H and O–H groups in total. The molecule has 2 nitrogen and oxygen atoms in total. The molecule has 3 atom stereocenters. The van der Waals surface area contributed by atoms with Gasteiger partial charge in [-0.15, -0.1) is 11.6 Å². The molecule has 1 saturated carbocycles. The minimum absolute atomic E-state index is 0.0840. The third kappa shape index (κ3) is 2.08. The minimum atomic E-state index is 0.0840. The van der Waals surface area contributed by atoms with Gasteiger partial charge in [-0.25, -0.2) is 0 Å². The van der Waals surface area contributed by atoms with E-state index in [0.29, 0.717) is 0 Å². The summed E-state index contributed by atoms with van der Waals surface area (Å²) in [7, 11) is 0. The summed E-state index contributed by atoms with van der Waals surface area (Å²) >= 11 is 6.32. The molecule has 1 fully saturated rings. The molecule has 2 aromatic rings. The Bertz CT molecular complexity index is 600. The van der Waals surface area contributed by atoms with Crippen molar-refractivity contribution in [3.63, 3.8) is 0 Å². The van der Waals surface area contributed by atoms with E-state index >= 15 is 0 Å². The number of alkyl halides is 1. The second-order valence-electron chi connectivity index (χ2n) is 5.53. The Morgan fingerprint density at radius 3 is 3.00 bits per heavy atom. The molecule has 0 bridgehead atoms. The number of hydrogen-bond donors (Lipinski definition) is 0. The molecule has 0 spiro atoms. The van der Waals surface area contributed by atoms with E-state index in [2.05, 4.69) is 31.0 Å². The Labute approximate surface area is 118 Å². The second kappa shape index (κ2) is 4.68. The molecule has 1 heterocycles. The summed E-state index contributed by atoms with van der Waals surface area (Å²) in [5, 5.41) is 1.36. The fourth-order valence-corrected chi connectivity index (χ4v) is 3.14. The Morgan fingerprint density at radius 1 is 1.42 bits per heavy atom. The van der Waals surface area contributed by atoms with Gasteiger partial charge in [0, 0.05) is 34.9 Å². The van der Waals surface area contributed by atoms with E-state index in [1.165, 1.54) is 0 Å². The molecule has 3 unspecified atom stereocenters. The van der Waals surface area contributed by atoms with Crippen molar-refractivity contribution in [1.82, 2.24) is 4.98 Å². The standard InChI is InChI=1S/C16H18ClNO/c1-3-16(2)14(17)10-15(16)19-12-7-6-11-5-4-8-18-13(11)9-12/h4-9,14-15H,3,10H2,1-2H3. The zero-order chi connectivity index (χ0) is 13.5. The number of benzene rings is 1. The molecular formula is C16H18ClNO. The summed E-state index contributed by atoms with van der Waals surface area (Å²) in [6.07, 6.45) is 3.98. The largest absolute Gasteiger partial charge is 0.490 e. The molecule has 0 saturated heterocycles.